The van der Waals surface area contributed by atoms with Gasteiger partial charge in [0.15, 0.2) is 6.10 Å². The highest BCUT2D eigenvalue weighted by molar-refractivity contribution is 5.79. The van der Waals surface area contributed by atoms with Gasteiger partial charge in [-0.15, -0.1) is 0 Å². The molecule has 106 valence electrons. The minimum atomic E-state index is -1.79. The van der Waals surface area contributed by atoms with Gasteiger partial charge in [0.05, 0.1) is 6.42 Å². The number of carbonyl (C=O) groups is 2. The number of benzene rings is 1. The zero-order valence-corrected chi connectivity index (χ0v) is 10.4. The molecule has 7 heteroatoms. The van der Waals surface area contributed by atoms with Crippen LogP contribution in [0.4, 0.5) is 0 Å². The Bertz CT molecular complexity index is 415. The molecular formula is C12H17NO6. The van der Waals surface area contributed by atoms with Gasteiger partial charge in [0.25, 0.3) is 0 Å². The largest absolute Gasteiger partial charge is 0.508 e. The Morgan fingerprint density at radius 3 is 1.95 bits per heavy atom. The summed E-state index contributed by atoms with van der Waals surface area (Å²) in [7, 11) is 0. The lowest BCUT2D eigenvalue weighted by atomic mass is 10.1. The normalized spacial score (nSPS) is 12.8. The third-order valence-electron chi connectivity index (χ3n) is 2.07. The first-order valence-corrected chi connectivity index (χ1v) is 5.41. The van der Waals surface area contributed by atoms with Crippen molar-refractivity contribution in [3.8, 4) is 5.75 Å². The Hall–Kier alpha value is -2.12. The number of carboxylic acids is 2. The lowest BCUT2D eigenvalue weighted by Crippen LogP contribution is -2.22. The maximum atomic E-state index is 9.72. The van der Waals surface area contributed by atoms with E-state index >= 15 is 0 Å². The van der Waals surface area contributed by atoms with Gasteiger partial charge < -0.3 is 26.2 Å². The molecule has 0 aliphatic rings. The second-order valence-electron chi connectivity index (χ2n) is 3.83. The smallest absolute Gasteiger partial charge is 0.333 e. The first-order valence-electron chi connectivity index (χ1n) is 5.41. The molecule has 0 saturated carbocycles. The Morgan fingerprint density at radius 2 is 1.68 bits per heavy atom. The molecule has 0 spiro atoms. The molecule has 2 unspecified atom stereocenters. The minimum absolute atomic E-state index is 0.0422. The highest BCUT2D eigenvalue weighted by atomic mass is 16.4. The summed E-state index contributed by atoms with van der Waals surface area (Å²) in [4.78, 5) is 19.4. The van der Waals surface area contributed by atoms with Crippen LogP contribution in [0.3, 0.4) is 0 Å². The van der Waals surface area contributed by atoms with Gasteiger partial charge in [-0.1, -0.05) is 12.1 Å². The molecule has 19 heavy (non-hydrogen) atoms. The number of aliphatic hydroxyl groups is 1. The molecule has 0 saturated heterocycles. The van der Waals surface area contributed by atoms with Gasteiger partial charge in [-0.3, -0.25) is 4.79 Å². The first kappa shape index (κ1) is 16.9. The van der Waals surface area contributed by atoms with E-state index in [4.69, 9.17) is 26.2 Å². The number of hydrogen-bond donors (Lipinski definition) is 5. The maximum Gasteiger partial charge on any atom is 0.333 e. The molecule has 0 fully saturated rings. The van der Waals surface area contributed by atoms with Crippen LogP contribution in [0.2, 0.25) is 0 Å². The van der Waals surface area contributed by atoms with E-state index in [1.54, 1.807) is 12.1 Å². The van der Waals surface area contributed by atoms with Crippen LogP contribution in [0.5, 0.6) is 5.75 Å². The minimum Gasteiger partial charge on any atom is -0.508 e. The second kappa shape index (κ2) is 8.06. The predicted octanol–water partition coefficient (Wildman–Crippen LogP) is 0.318. The number of phenols is 1. The van der Waals surface area contributed by atoms with E-state index in [-0.39, 0.29) is 11.8 Å². The van der Waals surface area contributed by atoms with E-state index in [0.717, 1.165) is 5.56 Å². The van der Waals surface area contributed by atoms with E-state index in [1.165, 1.54) is 0 Å². The van der Waals surface area contributed by atoms with Crippen molar-refractivity contribution in [2.24, 2.45) is 5.73 Å². The molecule has 0 aliphatic heterocycles. The number of hydrogen-bond acceptors (Lipinski definition) is 5. The predicted molar refractivity (Wildman–Crippen MR) is 66.6 cm³/mol. The van der Waals surface area contributed by atoms with Crippen LogP contribution in [0.1, 0.15) is 24.9 Å². The number of aliphatic hydroxyl groups excluding tert-OH is 1. The molecule has 0 amide bonds. The Morgan fingerprint density at radius 1 is 1.21 bits per heavy atom. The van der Waals surface area contributed by atoms with E-state index in [1.807, 2.05) is 19.1 Å². The first-order chi connectivity index (χ1) is 8.73. The van der Waals surface area contributed by atoms with Crippen LogP contribution in [0.15, 0.2) is 24.3 Å². The third-order valence-corrected chi connectivity index (χ3v) is 2.07. The summed E-state index contributed by atoms with van der Waals surface area (Å²) < 4.78 is 0. The van der Waals surface area contributed by atoms with Gasteiger partial charge >= 0.3 is 11.9 Å². The number of nitrogens with two attached hydrogens (primary N) is 1. The SMILES string of the molecule is CC(N)c1ccc(O)cc1.O=C(O)CC(O)C(=O)O. The van der Waals surface area contributed by atoms with Gasteiger partial charge in [0.2, 0.25) is 0 Å². The lowest BCUT2D eigenvalue weighted by molar-refractivity contribution is -0.152. The lowest BCUT2D eigenvalue weighted by Gasteiger charge is -2.03. The molecule has 1 rings (SSSR count). The van der Waals surface area contributed by atoms with Crippen molar-refractivity contribution in [1.82, 2.24) is 0 Å². The third kappa shape index (κ3) is 7.74. The van der Waals surface area contributed by atoms with Gasteiger partial charge in [-0.05, 0) is 24.6 Å². The van der Waals surface area contributed by atoms with Crippen LogP contribution in [0, 0.1) is 0 Å². The summed E-state index contributed by atoms with van der Waals surface area (Å²) in [5.41, 5.74) is 6.62. The zero-order valence-electron chi connectivity index (χ0n) is 10.4. The van der Waals surface area contributed by atoms with Crippen LogP contribution >= 0.6 is 0 Å². The molecule has 7 nitrogen and oxygen atoms in total. The van der Waals surface area contributed by atoms with E-state index in [9.17, 15) is 9.59 Å². The van der Waals surface area contributed by atoms with Gasteiger partial charge in [0, 0.05) is 6.04 Å². The van der Waals surface area contributed by atoms with E-state index in [0.29, 0.717) is 0 Å². The summed E-state index contributed by atoms with van der Waals surface area (Å²) in [6.45, 7) is 1.91. The van der Waals surface area contributed by atoms with Crippen molar-refractivity contribution in [3.05, 3.63) is 29.8 Å². The fraction of sp³-hybridized carbons (Fsp3) is 0.333. The Balaban J connectivity index is 0.000000344. The van der Waals surface area contributed by atoms with Crippen molar-refractivity contribution in [3.63, 3.8) is 0 Å². The van der Waals surface area contributed by atoms with Crippen molar-refractivity contribution in [2.45, 2.75) is 25.5 Å². The second-order valence-corrected chi connectivity index (χ2v) is 3.83. The number of carboxylic acid groups (broad SMARTS) is 2. The summed E-state index contributed by atoms with van der Waals surface area (Å²) >= 11 is 0. The molecule has 1 aromatic carbocycles. The average molecular weight is 271 g/mol. The molecule has 1 aromatic rings. The number of phenolic OH excluding ortho intramolecular Hbond substituents is 1. The number of rotatable bonds is 4. The standard InChI is InChI=1S/C8H11NO.C4H6O5/c1-6(9)7-2-4-8(10)5-3-7;5-2(4(8)9)1-3(6)7/h2-6,10H,9H2,1H3;2,5H,1H2,(H,6,7)(H,8,9). The van der Waals surface area contributed by atoms with Crippen molar-refractivity contribution >= 4 is 11.9 Å². The monoisotopic (exact) mass is 271 g/mol. The molecule has 0 heterocycles. The van der Waals surface area contributed by atoms with Crippen LogP contribution < -0.4 is 5.73 Å². The van der Waals surface area contributed by atoms with Gasteiger partial charge in [0.1, 0.15) is 5.75 Å². The van der Waals surface area contributed by atoms with Crippen molar-refractivity contribution < 1.29 is 30.0 Å². The summed E-state index contributed by atoms with van der Waals surface area (Å²) in [6, 6.07) is 6.96. The quantitative estimate of drug-likeness (QED) is 0.531. The highest BCUT2D eigenvalue weighted by Crippen LogP contribution is 2.13. The molecular weight excluding hydrogens is 254 g/mol. The fourth-order valence-corrected chi connectivity index (χ4v) is 1.03. The van der Waals surface area contributed by atoms with Crippen molar-refractivity contribution in [2.75, 3.05) is 0 Å². The summed E-state index contributed by atoms with van der Waals surface area (Å²) in [6.07, 6.45) is -2.54. The maximum absolute atomic E-state index is 9.72. The number of aliphatic carboxylic acids is 2. The Labute approximate surface area is 109 Å². The molecule has 2 atom stereocenters. The van der Waals surface area contributed by atoms with Crippen LogP contribution in [0.25, 0.3) is 0 Å². The van der Waals surface area contributed by atoms with Crippen LogP contribution in [-0.4, -0.2) is 38.5 Å². The molecule has 0 aromatic heterocycles. The Kier molecular flexibility index (Phi) is 7.16. The summed E-state index contributed by atoms with van der Waals surface area (Å²) in [5, 5.41) is 33.0. The van der Waals surface area contributed by atoms with Gasteiger partial charge in [-0.2, -0.15) is 0 Å². The zero-order chi connectivity index (χ0) is 15.0. The number of aromatic hydroxyl groups is 1. The van der Waals surface area contributed by atoms with E-state index in [2.05, 4.69) is 0 Å². The van der Waals surface area contributed by atoms with Gasteiger partial charge in [-0.25, -0.2) is 4.79 Å². The molecule has 6 N–H and O–H groups in total. The topological polar surface area (TPSA) is 141 Å². The average Bonchev–Trinajstić information content (AvgIpc) is 2.29. The summed E-state index contributed by atoms with van der Waals surface area (Å²) in [5.74, 6) is -2.56. The van der Waals surface area contributed by atoms with Crippen molar-refractivity contribution in [1.29, 1.82) is 0 Å². The fourth-order valence-electron chi connectivity index (χ4n) is 1.03. The highest BCUT2D eigenvalue weighted by Gasteiger charge is 2.16. The van der Waals surface area contributed by atoms with E-state index < -0.39 is 24.5 Å². The molecule has 0 bridgehead atoms. The molecule has 0 radical (unpaired) electrons. The molecule has 0 aliphatic carbocycles. The van der Waals surface area contributed by atoms with Crippen LogP contribution in [-0.2, 0) is 9.59 Å².